The zero-order chi connectivity index (χ0) is 28.6. The molecule has 208 valence electrons. The number of carbonyl (C=O) groups excluding carboxylic acids is 2. The molecule has 0 aromatic heterocycles. The monoisotopic (exact) mass is 557 g/mol. The van der Waals surface area contributed by atoms with Gasteiger partial charge in [0.2, 0.25) is 21.8 Å². The summed E-state index contributed by atoms with van der Waals surface area (Å²) in [5.41, 5.74) is 0.599. The Morgan fingerprint density at radius 1 is 0.897 bits per heavy atom. The average Bonchev–Trinajstić information content (AvgIpc) is 2.90. The number of para-hydroxylation sites is 1. The predicted molar refractivity (Wildman–Crippen MR) is 147 cm³/mol. The van der Waals surface area contributed by atoms with Gasteiger partial charge in [0.15, 0.2) is 0 Å². The van der Waals surface area contributed by atoms with Crippen LogP contribution in [0.1, 0.15) is 31.4 Å². The van der Waals surface area contributed by atoms with E-state index in [1.807, 2.05) is 19.9 Å². The molecule has 0 aliphatic heterocycles. The molecule has 7 nitrogen and oxygen atoms in total. The molecule has 0 fully saturated rings. The fraction of sp³-hybridized carbons (Fsp3) is 0.310. The van der Waals surface area contributed by atoms with Crippen LogP contribution in [0.25, 0.3) is 0 Å². The number of amides is 2. The van der Waals surface area contributed by atoms with Crippen molar-refractivity contribution in [2.24, 2.45) is 0 Å². The van der Waals surface area contributed by atoms with Gasteiger partial charge in [-0.3, -0.25) is 13.9 Å². The van der Waals surface area contributed by atoms with Crippen LogP contribution < -0.4 is 9.62 Å². The molecule has 0 aliphatic rings. The fourth-order valence-corrected chi connectivity index (χ4v) is 4.90. The van der Waals surface area contributed by atoms with Crippen LogP contribution in [0.15, 0.2) is 78.9 Å². The van der Waals surface area contributed by atoms with Gasteiger partial charge in [-0.25, -0.2) is 17.2 Å². The number of hydrogen-bond acceptors (Lipinski definition) is 4. The zero-order valence-corrected chi connectivity index (χ0v) is 23.0. The highest BCUT2D eigenvalue weighted by Crippen LogP contribution is 2.23. The number of nitrogens with zero attached hydrogens (tertiary/aromatic N) is 2. The number of benzene rings is 3. The summed E-state index contributed by atoms with van der Waals surface area (Å²) < 4.78 is 55.4. The Balaban J connectivity index is 2.08. The molecule has 0 bridgehead atoms. The van der Waals surface area contributed by atoms with Crippen molar-refractivity contribution in [3.63, 3.8) is 0 Å². The smallest absolute Gasteiger partial charge is 0.244 e. The first-order valence-corrected chi connectivity index (χ1v) is 14.5. The van der Waals surface area contributed by atoms with Crippen molar-refractivity contribution in [1.82, 2.24) is 10.2 Å². The predicted octanol–water partition coefficient (Wildman–Crippen LogP) is 4.29. The number of anilines is 1. The largest absolute Gasteiger partial charge is 0.352 e. The van der Waals surface area contributed by atoms with E-state index >= 15 is 0 Å². The van der Waals surface area contributed by atoms with Gasteiger partial charge in [-0.15, -0.1) is 0 Å². The summed E-state index contributed by atoms with van der Waals surface area (Å²) in [6.07, 6.45) is 1.60. The molecule has 0 unspecified atom stereocenters. The van der Waals surface area contributed by atoms with Gasteiger partial charge in [-0.2, -0.15) is 0 Å². The van der Waals surface area contributed by atoms with Crippen LogP contribution in [0, 0.1) is 11.6 Å². The molecule has 0 spiro atoms. The van der Waals surface area contributed by atoms with E-state index in [2.05, 4.69) is 5.32 Å². The van der Waals surface area contributed by atoms with E-state index in [-0.39, 0.29) is 30.3 Å². The average molecular weight is 558 g/mol. The number of halogens is 2. The summed E-state index contributed by atoms with van der Waals surface area (Å²) in [6.45, 7) is 2.64. The molecule has 3 aromatic rings. The van der Waals surface area contributed by atoms with E-state index in [9.17, 15) is 26.8 Å². The molecule has 2 amide bonds. The van der Waals surface area contributed by atoms with Gasteiger partial charge in [0, 0.05) is 24.6 Å². The summed E-state index contributed by atoms with van der Waals surface area (Å²) in [5, 5.41) is 2.89. The lowest BCUT2D eigenvalue weighted by Gasteiger charge is -2.34. The summed E-state index contributed by atoms with van der Waals surface area (Å²) in [4.78, 5) is 28.6. The molecule has 1 N–H and O–H groups in total. The SMILES string of the molecule is CC[C@H](C)NC(=O)[C@H](Cc1ccccc1)N(Cc1ccccc1F)C(=O)CN(c1ccccc1F)S(C)(=O)=O. The van der Waals surface area contributed by atoms with Crippen molar-refractivity contribution in [3.8, 4) is 0 Å². The van der Waals surface area contributed by atoms with Crippen LogP contribution in [0.5, 0.6) is 0 Å². The first kappa shape index (κ1) is 29.8. The number of carbonyl (C=O) groups is 2. The summed E-state index contributed by atoms with van der Waals surface area (Å²) >= 11 is 0. The maximum absolute atomic E-state index is 14.7. The Labute approximate surface area is 228 Å². The first-order valence-electron chi connectivity index (χ1n) is 12.6. The van der Waals surface area contributed by atoms with E-state index in [1.165, 1.54) is 41.3 Å². The van der Waals surface area contributed by atoms with Crippen molar-refractivity contribution in [1.29, 1.82) is 0 Å². The second-order valence-corrected chi connectivity index (χ2v) is 11.3. The normalized spacial score (nSPS) is 12.8. The van der Waals surface area contributed by atoms with E-state index in [4.69, 9.17) is 0 Å². The minimum Gasteiger partial charge on any atom is -0.352 e. The van der Waals surface area contributed by atoms with Crippen molar-refractivity contribution >= 4 is 27.5 Å². The second kappa shape index (κ2) is 13.3. The van der Waals surface area contributed by atoms with Gasteiger partial charge >= 0.3 is 0 Å². The number of rotatable bonds is 12. The van der Waals surface area contributed by atoms with Gasteiger partial charge in [0.25, 0.3) is 0 Å². The lowest BCUT2D eigenvalue weighted by molar-refractivity contribution is -0.140. The maximum atomic E-state index is 14.7. The van der Waals surface area contributed by atoms with Crippen molar-refractivity contribution < 1.29 is 26.8 Å². The third kappa shape index (κ3) is 8.10. The highest BCUT2D eigenvalue weighted by molar-refractivity contribution is 7.92. The number of nitrogens with one attached hydrogen (secondary N) is 1. The van der Waals surface area contributed by atoms with Gasteiger partial charge in [-0.1, -0.05) is 67.6 Å². The summed E-state index contributed by atoms with van der Waals surface area (Å²) in [5.74, 6) is -2.65. The molecule has 3 aromatic carbocycles. The molecule has 3 rings (SSSR count). The van der Waals surface area contributed by atoms with Gasteiger partial charge in [0.05, 0.1) is 11.9 Å². The molecule has 0 saturated heterocycles. The van der Waals surface area contributed by atoms with E-state index in [1.54, 1.807) is 30.3 Å². The third-order valence-electron chi connectivity index (χ3n) is 6.37. The van der Waals surface area contributed by atoms with Crippen molar-refractivity contribution in [2.45, 2.75) is 45.3 Å². The summed E-state index contributed by atoms with van der Waals surface area (Å²) in [6, 6.07) is 18.8. The Kier molecular flexibility index (Phi) is 10.2. The first-order chi connectivity index (χ1) is 18.5. The van der Waals surface area contributed by atoms with Crippen molar-refractivity contribution in [2.75, 3.05) is 17.1 Å². The third-order valence-corrected chi connectivity index (χ3v) is 7.50. The minimum absolute atomic E-state index is 0.0991. The molecule has 10 heteroatoms. The van der Waals surface area contributed by atoms with Crippen LogP contribution in [-0.2, 0) is 32.6 Å². The minimum atomic E-state index is -4.11. The molecular formula is C29H33F2N3O4S. The highest BCUT2D eigenvalue weighted by Gasteiger charge is 2.34. The van der Waals surface area contributed by atoms with E-state index in [0.29, 0.717) is 10.7 Å². The molecular weight excluding hydrogens is 524 g/mol. The molecule has 39 heavy (non-hydrogen) atoms. The topological polar surface area (TPSA) is 86.8 Å². The van der Waals surface area contributed by atoms with Crippen LogP contribution in [0.4, 0.5) is 14.5 Å². The second-order valence-electron chi connectivity index (χ2n) is 9.36. The Morgan fingerprint density at radius 2 is 1.49 bits per heavy atom. The lowest BCUT2D eigenvalue weighted by atomic mass is 10.0. The quantitative estimate of drug-likeness (QED) is 0.360. The van der Waals surface area contributed by atoms with Gasteiger partial charge in [0.1, 0.15) is 24.2 Å². The van der Waals surface area contributed by atoms with Gasteiger partial charge in [-0.05, 0) is 37.1 Å². The van der Waals surface area contributed by atoms with Gasteiger partial charge < -0.3 is 10.2 Å². The molecule has 2 atom stereocenters. The van der Waals surface area contributed by atoms with E-state index < -0.39 is 46.1 Å². The van der Waals surface area contributed by atoms with Crippen molar-refractivity contribution in [3.05, 3.63) is 102 Å². The Morgan fingerprint density at radius 3 is 2.08 bits per heavy atom. The Bertz CT molecular complexity index is 1390. The molecule has 0 heterocycles. The van der Waals surface area contributed by atoms with E-state index in [0.717, 1.165) is 17.9 Å². The standard InChI is InChI=1S/C29H33F2N3O4S/c1-4-21(2)32-29(36)27(18-22-12-6-5-7-13-22)33(19-23-14-8-9-15-24(23)30)28(35)20-34(39(3,37)38)26-17-11-10-16-25(26)31/h5-17,21,27H,4,18-20H2,1-3H3,(H,32,36)/t21-,27-/m0/s1. The Hall–Kier alpha value is -3.79. The molecule has 0 saturated carbocycles. The van der Waals surface area contributed by atoms with Crippen LogP contribution in [-0.4, -0.2) is 50.0 Å². The number of sulfonamides is 1. The van der Waals surface area contributed by atoms with Crippen LogP contribution in [0.2, 0.25) is 0 Å². The zero-order valence-electron chi connectivity index (χ0n) is 22.2. The highest BCUT2D eigenvalue weighted by atomic mass is 32.2. The molecule has 0 aliphatic carbocycles. The van der Waals surface area contributed by atoms with Crippen LogP contribution >= 0.6 is 0 Å². The van der Waals surface area contributed by atoms with Crippen LogP contribution in [0.3, 0.4) is 0 Å². The maximum Gasteiger partial charge on any atom is 0.244 e. The summed E-state index contributed by atoms with van der Waals surface area (Å²) in [7, 11) is -4.11. The lowest BCUT2D eigenvalue weighted by Crippen LogP contribution is -2.54. The fourth-order valence-electron chi connectivity index (χ4n) is 4.05. The molecule has 0 radical (unpaired) electrons. The number of hydrogen-bond donors (Lipinski definition) is 1.